The summed E-state index contributed by atoms with van der Waals surface area (Å²) in [5, 5.41) is 9.07. The second-order valence-electron chi connectivity index (χ2n) is 3.88. The van der Waals surface area contributed by atoms with E-state index in [1.807, 2.05) is 0 Å². The highest BCUT2D eigenvalue weighted by atomic mass is 19.1. The van der Waals surface area contributed by atoms with Gasteiger partial charge in [-0.25, -0.2) is 14.2 Å². The van der Waals surface area contributed by atoms with Gasteiger partial charge in [-0.15, -0.1) is 0 Å². The lowest BCUT2D eigenvalue weighted by Crippen LogP contribution is -2.08. The van der Waals surface area contributed by atoms with Crippen molar-refractivity contribution in [3.63, 3.8) is 0 Å². The lowest BCUT2D eigenvalue weighted by molar-refractivity contribution is 0.0683. The van der Waals surface area contributed by atoms with Crippen LogP contribution in [0.3, 0.4) is 0 Å². The molecule has 0 aliphatic heterocycles. The number of benzene rings is 1. The van der Waals surface area contributed by atoms with E-state index in [1.165, 1.54) is 25.4 Å². The summed E-state index contributed by atoms with van der Waals surface area (Å²) < 4.78 is 23.9. The minimum Gasteiger partial charge on any atom is -0.493 e. The van der Waals surface area contributed by atoms with Crippen LogP contribution in [0.1, 0.15) is 16.1 Å². The molecule has 1 heterocycles. The average Bonchev–Trinajstić information content (AvgIpc) is 2.46. The molecule has 0 aliphatic rings. The Morgan fingerprint density at radius 3 is 2.75 bits per heavy atom. The summed E-state index contributed by atoms with van der Waals surface area (Å²) in [6.45, 7) is -0.116. The summed E-state index contributed by atoms with van der Waals surface area (Å²) in [4.78, 5) is 14.8. The van der Waals surface area contributed by atoms with Crippen LogP contribution in [0.2, 0.25) is 0 Å². The van der Waals surface area contributed by atoms with Crippen molar-refractivity contribution in [3.8, 4) is 11.5 Å². The number of methoxy groups -OCH3 is 1. The fourth-order valence-corrected chi connectivity index (χ4v) is 1.65. The number of aromatic nitrogens is 1. The quantitative estimate of drug-likeness (QED) is 0.909. The minimum atomic E-state index is -1.24. The van der Waals surface area contributed by atoms with Crippen LogP contribution in [0.5, 0.6) is 11.5 Å². The summed E-state index contributed by atoms with van der Waals surface area (Å²) in [5.74, 6) is -1.46. The van der Waals surface area contributed by atoms with Crippen LogP contribution >= 0.6 is 0 Å². The number of nitrogens with zero attached hydrogens (tertiary/aromatic N) is 1. The molecule has 0 amide bonds. The normalized spacial score (nSPS) is 10.1. The van der Waals surface area contributed by atoms with Gasteiger partial charge >= 0.3 is 5.97 Å². The van der Waals surface area contributed by atoms with E-state index in [2.05, 4.69) is 4.98 Å². The zero-order valence-electron chi connectivity index (χ0n) is 10.7. The van der Waals surface area contributed by atoms with E-state index in [0.29, 0.717) is 5.56 Å². The van der Waals surface area contributed by atoms with Gasteiger partial charge in [0, 0.05) is 17.8 Å². The van der Waals surface area contributed by atoms with Gasteiger partial charge in [0.05, 0.1) is 7.11 Å². The number of hydrogen-bond donors (Lipinski definition) is 1. The topological polar surface area (TPSA) is 68.7 Å². The fraction of sp³-hybridized carbons (Fsp3) is 0.143. The lowest BCUT2D eigenvalue weighted by atomic mass is 10.2. The van der Waals surface area contributed by atoms with E-state index in [-0.39, 0.29) is 23.8 Å². The van der Waals surface area contributed by atoms with E-state index < -0.39 is 11.8 Å². The van der Waals surface area contributed by atoms with Gasteiger partial charge in [0.2, 0.25) is 0 Å². The first-order valence-electron chi connectivity index (χ1n) is 5.76. The lowest BCUT2D eigenvalue weighted by Gasteiger charge is -2.12. The third-order valence-electron chi connectivity index (χ3n) is 2.62. The second kappa shape index (κ2) is 6.01. The molecule has 1 N–H and O–H groups in total. The van der Waals surface area contributed by atoms with Crippen LogP contribution < -0.4 is 9.47 Å². The summed E-state index contributed by atoms with van der Waals surface area (Å²) in [6.07, 6.45) is 1.30. The Morgan fingerprint density at radius 1 is 1.35 bits per heavy atom. The van der Waals surface area contributed by atoms with Crippen molar-refractivity contribution in [2.75, 3.05) is 7.11 Å². The number of carbonyl (C=O) groups is 1. The molecule has 5 nitrogen and oxygen atoms in total. The second-order valence-corrected chi connectivity index (χ2v) is 3.88. The van der Waals surface area contributed by atoms with Crippen molar-refractivity contribution in [1.29, 1.82) is 0 Å². The molecule has 0 unspecified atom stereocenters. The van der Waals surface area contributed by atoms with E-state index in [1.54, 1.807) is 18.2 Å². The first-order chi connectivity index (χ1) is 9.63. The van der Waals surface area contributed by atoms with Gasteiger partial charge in [-0.1, -0.05) is 18.2 Å². The monoisotopic (exact) mass is 277 g/mol. The van der Waals surface area contributed by atoms with Crippen molar-refractivity contribution in [1.82, 2.24) is 4.98 Å². The molecule has 0 spiro atoms. The Balaban J connectivity index is 2.29. The maximum Gasteiger partial charge on any atom is 0.358 e. The molecule has 0 aliphatic carbocycles. The van der Waals surface area contributed by atoms with E-state index in [0.717, 1.165) is 0 Å². The van der Waals surface area contributed by atoms with Gasteiger partial charge in [0.1, 0.15) is 12.4 Å². The van der Waals surface area contributed by atoms with Gasteiger partial charge in [0.15, 0.2) is 17.2 Å². The predicted octanol–water partition coefficient (Wildman–Crippen LogP) is 2.51. The largest absolute Gasteiger partial charge is 0.493 e. The molecule has 0 fully saturated rings. The molecular weight excluding hydrogens is 265 g/mol. The van der Waals surface area contributed by atoms with Crippen molar-refractivity contribution in [3.05, 3.63) is 53.6 Å². The summed E-state index contributed by atoms with van der Waals surface area (Å²) in [5.41, 5.74) is 0.0374. The van der Waals surface area contributed by atoms with Crippen LogP contribution in [-0.2, 0) is 6.61 Å². The molecule has 2 aromatic rings. The highest BCUT2D eigenvalue weighted by Gasteiger charge is 2.18. The zero-order chi connectivity index (χ0) is 14.5. The Hall–Kier alpha value is -2.63. The van der Waals surface area contributed by atoms with E-state index >= 15 is 0 Å². The number of hydrogen-bond acceptors (Lipinski definition) is 4. The molecule has 0 saturated heterocycles. The van der Waals surface area contributed by atoms with Gasteiger partial charge in [0.25, 0.3) is 0 Å². The van der Waals surface area contributed by atoms with Gasteiger partial charge in [-0.3, -0.25) is 0 Å². The first kappa shape index (κ1) is 13.8. The number of pyridine rings is 1. The highest BCUT2D eigenvalue weighted by Crippen LogP contribution is 2.30. The Kier molecular flexibility index (Phi) is 4.14. The minimum absolute atomic E-state index is 0.0225. The Morgan fingerprint density at radius 2 is 2.10 bits per heavy atom. The fourth-order valence-electron chi connectivity index (χ4n) is 1.65. The average molecular weight is 277 g/mol. The number of carboxylic acid groups (broad SMARTS) is 1. The van der Waals surface area contributed by atoms with E-state index in [4.69, 9.17) is 14.6 Å². The molecule has 0 atom stereocenters. The maximum atomic E-state index is 13.5. The van der Waals surface area contributed by atoms with Gasteiger partial charge in [-0.05, 0) is 6.07 Å². The van der Waals surface area contributed by atoms with Crippen molar-refractivity contribution in [2.24, 2.45) is 0 Å². The first-order valence-corrected chi connectivity index (χ1v) is 5.76. The third-order valence-corrected chi connectivity index (χ3v) is 2.62. The number of ether oxygens (including phenoxy) is 2. The van der Waals surface area contributed by atoms with Crippen LogP contribution in [0.4, 0.5) is 4.39 Å². The molecule has 6 heteroatoms. The smallest absolute Gasteiger partial charge is 0.358 e. The van der Waals surface area contributed by atoms with Gasteiger partial charge < -0.3 is 14.6 Å². The molecule has 0 saturated carbocycles. The molecule has 20 heavy (non-hydrogen) atoms. The SMILES string of the molecule is COc1ccnc(C(=O)O)c1OCc1ccccc1F. The molecule has 2 rings (SSSR count). The number of carboxylic acids is 1. The van der Waals surface area contributed by atoms with E-state index in [9.17, 15) is 9.18 Å². The van der Waals surface area contributed by atoms with Crippen LogP contribution in [0.25, 0.3) is 0 Å². The standard InChI is InChI=1S/C14H12FNO4/c1-19-11-6-7-16-12(14(17)18)13(11)20-8-9-4-2-3-5-10(9)15/h2-7H,8H2,1H3,(H,17,18). The van der Waals surface area contributed by atoms with Gasteiger partial charge in [-0.2, -0.15) is 0 Å². The Bertz CT molecular complexity index is 630. The molecule has 0 bridgehead atoms. The Labute approximate surface area is 114 Å². The molecule has 104 valence electrons. The predicted molar refractivity (Wildman–Crippen MR) is 68.5 cm³/mol. The summed E-state index contributed by atoms with van der Waals surface area (Å²) >= 11 is 0. The number of halogens is 1. The number of rotatable bonds is 5. The summed E-state index contributed by atoms with van der Waals surface area (Å²) in [6, 6.07) is 7.56. The number of aromatic carboxylic acids is 1. The van der Waals surface area contributed by atoms with Crippen LogP contribution in [0, 0.1) is 5.82 Å². The van der Waals surface area contributed by atoms with Crippen molar-refractivity contribution in [2.45, 2.75) is 6.61 Å². The van der Waals surface area contributed by atoms with Crippen LogP contribution in [0.15, 0.2) is 36.5 Å². The molecule has 1 aromatic carbocycles. The molecular formula is C14H12FNO4. The van der Waals surface area contributed by atoms with Crippen molar-refractivity contribution < 1.29 is 23.8 Å². The maximum absolute atomic E-state index is 13.5. The zero-order valence-corrected chi connectivity index (χ0v) is 10.7. The molecule has 1 aromatic heterocycles. The van der Waals surface area contributed by atoms with Crippen molar-refractivity contribution >= 4 is 5.97 Å². The summed E-state index contributed by atoms with van der Waals surface area (Å²) in [7, 11) is 1.39. The van der Waals surface area contributed by atoms with Crippen LogP contribution in [-0.4, -0.2) is 23.2 Å². The third kappa shape index (κ3) is 2.85. The molecule has 0 radical (unpaired) electrons. The highest BCUT2D eigenvalue weighted by molar-refractivity contribution is 5.89.